The lowest BCUT2D eigenvalue weighted by atomic mass is 10.2. The summed E-state index contributed by atoms with van der Waals surface area (Å²) in [5, 5.41) is 3.92. The molecule has 1 atom stereocenters. The van der Waals surface area contributed by atoms with Gasteiger partial charge in [0.15, 0.2) is 0 Å². The molecular weight excluding hydrogens is 299 g/mol. The second-order valence-electron chi connectivity index (χ2n) is 4.81. The van der Waals surface area contributed by atoms with E-state index in [0.717, 1.165) is 5.56 Å². The molecule has 0 aromatic heterocycles. The van der Waals surface area contributed by atoms with E-state index in [4.69, 9.17) is 27.9 Å². The largest absolute Gasteiger partial charge is 0.383 e. The number of methoxy groups -OCH3 is 1. The van der Waals surface area contributed by atoms with Gasteiger partial charge < -0.3 is 10.1 Å². The lowest BCUT2D eigenvalue weighted by molar-refractivity contribution is -0.123. The summed E-state index contributed by atoms with van der Waals surface area (Å²) in [5.41, 5.74) is 0.902. The minimum absolute atomic E-state index is 0.00402. The molecule has 0 saturated heterocycles. The van der Waals surface area contributed by atoms with Gasteiger partial charge in [-0.1, -0.05) is 35.3 Å². The molecule has 0 fully saturated rings. The number of carbonyl (C=O) groups excluding carboxylic acids is 1. The molecule has 0 radical (unpaired) electrons. The number of nitrogens with zero attached hydrogens (tertiary/aromatic N) is 1. The van der Waals surface area contributed by atoms with Crippen LogP contribution in [0.2, 0.25) is 10.0 Å². The van der Waals surface area contributed by atoms with E-state index < -0.39 is 0 Å². The third kappa shape index (κ3) is 5.67. The van der Waals surface area contributed by atoms with Gasteiger partial charge in [-0.25, -0.2) is 0 Å². The van der Waals surface area contributed by atoms with Gasteiger partial charge in [0, 0.05) is 19.7 Å². The van der Waals surface area contributed by atoms with Crippen molar-refractivity contribution in [2.24, 2.45) is 0 Å². The Kier molecular flexibility index (Phi) is 7.30. The maximum absolute atomic E-state index is 11.8. The molecule has 1 amide bonds. The number of benzene rings is 1. The molecule has 0 saturated carbocycles. The lowest BCUT2D eigenvalue weighted by Crippen LogP contribution is -2.41. The highest BCUT2D eigenvalue weighted by atomic mass is 35.5. The Morgan fingerprint density at radius 2 is 2.15 bits per heavy atom. The molecule has 0 spiro atoms. The zero-order valence-electron chi connectivity index (χ0n) is 12.0. The Morgan fingerprint density at radius 3 is 2.80 bits per heavy atom. The van der Waals surface area contributed by atoms with E-state index in [0.29, 0.717) is 23.2 Å². The van der Waals surface area contributed by atoms with Crippen LogP contribution in [0.5, 0.6) is 0 Å². The summed E-state index contributed by atoms with van der Waals surface area (Å²) in [4.78, 5) is 13.7. The molecule has 0 aliphatic carbocycles. The summed E-state index contributed by atoms with van der Waals surface area (Å²) < 4.78 is 4.97. The van der Waals surface area contributed by atoms with E-state index in [1.807, 2.05) is 31.0 Å². The molecule has 4 nitrogen and oxygen atoms in total. The normalized spacial score (nSPS) is 12.5. The smallest absolute Gasteiger partial charge is 0.234 e. The number of rotatable bonds is 7. The molecule has 1 unspecified atom stereocenters. The number of carbonyl (C=O) groups is 1. The standard InChI is InChI=1S/C14H20Cl2N2O2/c1-10(9-20-3)17-13(19)8-18(2)7-11-5-4-6-12(15)14(11)16/h4-6,10H,7-9H2,1-3H3,(H,17,19). The van der Waals surface area contributed by atoms with Crippen molar-refractivity contribution in [3.8, 4) is 0 Å². The van der Waals surface area contributed by atoms with Crippen LogP contribution in [0.25, 0.3) is 0 Å². The van der Waals surface area contributed by atoms with Crippen molar-refractivity contribution in [1.29, 1.82) is 0 Å². The molecule has 1 aromatic rings. The van der Waals surface area contributed by atoms with Gasteiger partial charge >= 0.3 is 0 Å². The van der Waals surface area contributed by atoms with Crippen molar-refractivity contribution in [2.75, 3.05) is 27.3 Å². The highest BCUT2D eigenvalue weighted by Crippen LogP contribution is 2.26. The van der Waals surface area contributed by atoms with Crippen LogP contribution in [0.1, 0.15) is 12.5 Å². The zero-order chi connectivity index (χ0) is 15.1. The summed E-state index contributed by atoms with van der Waals surface area (Å²) in [5.74, 6) is -0.0461. The molecule has 6 heteroatoms. The minimum atomic E-state index is -0.0461. The predicted molar refractivity (Wildman–Crippen MR) is 82.3 cm³/mol. The quantitative estimate of drug-likeness (QED) is 0.840. The maximum Gasteiger partial charge on any atom is 0.234 e. The van der Waals surface area contributed by atoms with E-state index >= 15 is 0 Å². The SMILES string of the molecule is COCC(C)NC(=O)CN(C)Cc1cccc(Cl)c1Cl. The van der Waals surface area contributed by atoms with Crippen molar-refractivity contribution >= 4 is 29.1 Å². The summed E-state index contributed by atoms with van der Waals surface area (Å²) in [7, 11) is 3.47. The van der Waals surface area contributed by atoms with Gasteiger partial charge in [0.2, 0.25) is 5.91 Å². The van der Waals surface area contributed by atoms with Crippen LogP contribution in [0, 0.1) is 0 Å². The first-order valence-electron chi connectivity index (χ1n) is 6.33. The van der Waals surface area contributed by atoms with Crippen LogP contribution < -0.4 is 5.32 Å². The lowest BCUT2D eigenvalue weighted by Gasteiger charge is -2.19. The van der Waals surface area contributed by atoms with Crippen LogP contribution >= 0.6 is 23.2 Å². The summed E-state index contributed by atoms with van der Waals surface area (Å²) >= 11 is 12.1. The first kappa shape index (κ1) is 17.2. The number of nitrogens with one attached hydrogen (secondary N) is 1. The van der Waals surface area contributed by atoms with Crippen molar-refractivity contribution in [1.82, 2.24) is 10.2 Å². The van der Waals surface area contributed by atoms with Crippen LogP contribution in [0.15, 0.2) is 18.2 Å². The van der Waals surface area contributed by atoms with Gasteiger partial charge in [0.25, 0.3) is 0 Å². The molecule has 0 aliphatic rings. The number of amides is 1. The van der Waals surface area contributed by atoms with E-state index in [-0.39, 0.29) is 18.5 Å². The highest BCUT2D eigenvalue weighted by Gasteiger charge is 2.12. The average molecular weight is 319 g/mol. The molecule has 0 bridgehead atoms. The minimum Gasteiger partial charge on any atom is -0.383 e. The Bertz CT molecular complexity index is 455. The molecule has 1 N–H and O–H groups in total. The average Bonchev–Trinajstić information content (AvgIpc) is 2.34. The van der Waals surface area contributed by atoms with Crippen molar-refractivity contribution in [3.63, 3.8) is 0 Å². The molecule has 20 heavy (non-hydrogen) atoms. The zero-order valence-corrected chi connectivity index (χ0v) is 13.5. The maximum atomic E-state index is 11.8. The Morgan fingerprint density at radius 1 is 1.45 bits per heavy atom. The molecular formula is C14H20Cl2N2O2. The van der Waals surface area contributed by atoms with E-state index in [2.05, 4.69) is 5.32 Å². The number of hydrogen-bond acceptors (Lipinski definition) is 3. The molecule has 112 valence electrons. The fraction of sp³-hybridized carbons (Fsp3) is 0.500. The van der Waals surface area contributed by atoms with Gasteiger partial charge in [0.1, 0.15) is 0 Å². The topological polar surface area (TPSA) is 41.6 Å². The van der Waals surface area contributed by atoms with E-state index in [1.165, 1.54) is 0 Å². The second-order valence-corrected chi connectivity index (χ2v) is 5.59. The Hall–Kier alpha value is -0.810. The summed E-state index contributed by atoms with van der Waals surface area (Å²) in [6.07, 6.45) is 0. The van der Waals surface area contributed by atoms with Crippen LogP contribution in [0.3, 0.4) is 0 Å². The van der Waals surface area contributed by atoms with Gasteiger partial charge in [0.05, 0.1) is 23.2 Å². The van der Waals surface area contributed by atoms with Gasteiger partial charge in [-0.15, -0.1) is 0 Å². The molecule has 1 rings (SSSR count). The fourth-order valence-electron chi connectivity index (χ4n) is 1.87. The Labute approximate surface area is 130 Å². The summed E-state index contributed by atoms with van der Waals surface area (Å²) in [6, 6.07) is 5.48. The summed E-state index contributed by atoms with van der Waals surface area (Å²) in [6.45, 7) is 3.24. The number of ether oxygens (including phenoxy) is 1. The number of likely N-dealkylation sites (N-methyl/N-ethyl adjacent to an activating group) is 1. The predicted octanol–water partition coefficient (Wildman–Crippen LogP) is 2.58. The van der Waals surface area contributed by atoms with E-state index in [1.54, 1.807) is 13.2 Å². The van der Waals surface area contributed by atoms with Crippen LogP contribution in [-0.2, 0) is 16.1 Å². The van der Waals surface area contributed by atoms with Gasteiger partial charge in [-0.3, -0.25) is 9.69 Å². The van der Waals surface area contributed by atoms with Crippen molar-refractivity contribution in [3.05, 3.63) is 33.8 Å². The third-order valence-electron chi connectivity index (χ3n) is 2.71. The first-order valence-corrected chi connectivity index (χ1v) is 7.09. The highest BCUT2D eigenvalue weighted by molar-refractivity contribution is 6.42. The molecule has 0 aliphatic heterocycles. The Balaban J connectivity index is 2.49. The van der Waals surface area contributed by atoms with Crippen molar-refractivity contribution < 1.29 is 9.53 Å². The third-order valence-corrected chi connectivity index (χ3v) is 3.57. The van der Waals surface area contributed by atoms with Crippen LogP contribution in [-0.4, -0.2) is 44.2 Å². The van der Waals surface area contributed by atoms with Gasteiger partial charge in [-0.05, 0) is 25.6 Å². The van der Waals surface area contributed by atoms with Gasteiger partial charge in [-0.2, -0.15) is 0 Å². The monoisotopic (exact) mass is 318 g/mol. The number of hydrogen-bond donors (Lipinski definition) is 1. The van der Waals surface area contributed by atoms with Crippen LogP contribution in [0.4, 0.5) is 0 Å². The van der Waals surface area contributed by atoms with Crippen molar-refractivity contribution in [2.45, 2.75) is 19.5 Å². The second kappa shape index (κ2) is 8.47. The molecule has 0 heterocycles. The van der Waals surface area contributed by atoms with E-state index in [9.17, 15) is 4.79 Å². The first-order chi connectivity index (χ1) is 9.43. The molecule has 1 aromatic carbocycles. The fourth-order valence-corrected chi connectivity index (χ4v) is 2.25. The number of halogens is 2.